The second kappa shape index (κ2) is 6.16. The van der Waals surface area contributed by atoms with Crippen LogP contribution >= 0.6 is 0 Å². The smallest absolute Gasteiger partial charge is 0.295 e. The van der Waals surface area contributed by atoms with Crippen molar-refractivity contribution in [3.05, 3.63) is 53.6 Å². The number of azo groups is 1. The molecule has 0 radical (unpaired) electrons. The summed E-state index contributed by atoms with van der Waals surface area (Å²) in [4.78, 5) is 14.9. The number of aromatic nitrogens is 1. The molecule has 1 amide bonds. The first-order valence-corrected chi connectivity index (χ1v) is 7.55. The fraction of sp³-hybridized carbons (Fsp3) is 0.167. The monoisotopic (exact) mass is 323 g/mol. The van der Waals surface area contributed by atoms with E-state index in [1.807, 2.05) is 18.2 Å². The molecule has 0 saturated carbocycles. The summed E-state index contributed by atoms with van der Waals surface area (Å²) in [6, 6.07) is 11.5. The quantitative estimate of drug-likeness (QED) is 0.613. The van der Waals surface area contributed by atoms with Crippen LogP contribution in [-0.4, -0.2) is 21.1 Å². The van der Waals surface area contributed by atoms with E-state index in [0.29, 0.717) is 16.9 Å². The van der Waals surface area contributed by atoms with Gasteiger partial charge in [0.05, 0.1) is 5.52 Å². The molecule has 1 heterocycles. The van der Waals surface area contributed by atoms with Crippen LogP contribution in [0.2, 0.25) is 0 Å². The van der Waals surface area contributed by atoms with Crippen LogP contribution < -0.4 is 0 Å². The standard InChI is InChI=1S/C18H17N3O3/c1-10(2)12-5-8-15-14(9-12)16(18(24)19-15)20-21-17(23)11-3-6-13(22)7-4-11/h3-10,19,22,24H,1-2H3. The number of nitrogens with zero attached hydrogens (tertiary/aromatic N) is 2. The molecule has 0 fully saturated rings. The van der Waals surface area contributed by atoms with Crippen LogP contribution in [0.4, 0.5) is 5.69 Å². The number of phenolic OH excluding ortho intramolecular Hbond substituents is 1. The second-order valence-corrected chi connectivity index (χ2v) is 5.83. The SMILES string of the molecule is CC(C)c1ccc2[nH]c(O)c(N=NC(=O)c3ccc(O)cc3)c2c1. The molecule has 6 nitrogen and oxygen atoms in total. The first-order valence-electron chi connectivity index (χ1n) is 7.55. The molecular weight excluding hydrogens is 306 g/mol. The normalized spacial score (nSPS) is 11.6. The van der Waals surface area contributed by atoms with E-state index in [2.05, 4.69) is 29.1 Å². The van der Waals surface area contributed by atoms with Gasteiger partial charge < -0.3 is 15.2 Å². The van der Waals surface area contributed by atoms with Crippen LogP contribution in [0.1, 0.15) is 35.7 Å². The van der Waals surface area contributed by atoms with E-state index in [4.69, 9.17) is 0 Å². The van der Waals surface area contributed by atoms with E-state index in [1.54, 1.807) is 0 Å². The Morgan fingerprint density at radius 2 is 1.79 bits per heavy atom. The number of amides is 1. The number of fused-ring (bicyclic) bond motifs is 1. The zero-order chi connectivity index (χ0) is 17.3. The Morgan fingerprint density at radius 3 is 2.46 bits per heavy atom. The molecule has 0 aliphatic rings. The fourth-order valence-corrected chi connectivity index (χ4v) is 2.40. The number of carbonyl (C=O) groups is 1. The maximum Gasteiger partial charge on any atom is 0.295 e. The van der Waals surface area contributed by atoms with Gasteiger partial charge in [-0.2, -0.15) is 0 Å². The van der Waals surface area contributed by atoms with Gasteiger partial charge in [0.2, 0.25) is 5.88 Å². The van der Waals surface area contributed by atoms with Gasteiger partial charge in [-0.15, -0.1) is 10.2 Å². The minimum atomic E-state index is -0.552. The van der Waals surface area contributed by atoms with Crippen LogP contribution in [0.25, 0.3) is 10.9 Å². The second-order valence-electron chi connectivity index (χ2n) is 5.83. The van der Waals surface area contributed by atoms with Crippen molar-refractivity contribution in [1.82, 2.24) is 4.98 Å². The van der Waals surface area contributed by atoms with Crippen molar-refractivity contribution >= 4 is 22.5 Å². The molecular formula is C18H17N3O3. The zero-order valence-corrected chi connectivity index (χ0v) is 13.3. The third kappa shape index (κ3) is 2.99. The van der Waals surface area contributed by atoms with Gasteiger partial charge in [0, 0.05) is 10.9 Å². The fourth-order valence-electron chi connectivity index (χ4n) is 2.40. The highest BCUT2D eigenvalue weighted by Gasteiger charge is 2.13. The van der Waals surface area contributed by atoms with E-state index >= 15 is 0 Å². The molecule has 3 aromatic rings. The van der Waals surface area contributed by atoms with Gasteiger partial charge in [0.1, 0.15) is 5.75 Å². The summed E-state index contributed by atoms with van der Waals surface area (Å²) in [6.07, 6.45) is 0. The number of aromatic hydroxyl groups is 2. The molecule has 122 valence electrons. The topological polar surface area (TPSA) is 98.0 Å². The molecule has 24 heavy (non-hydrogen) atoms. The van der Waals surface area contributed by atoms with E-state index in [0.717, 1.165) is 11.1 Å². The minimum absolute atomic E-state index is 0.0685. The van der Waals surface area contributed by atoms with Crippen molar-refractivity contribution in [2.45, 2.75) is 19.8 Å². The molecule has 1 aromatic heterocycles. The Bertz CT molecular complexity index is 925. The summed E-state index contributed by atoms with van der Waals surface area (Å²) in [5.74, 6) is -0.286. The van der Waals surface area contributed by atoms with Gasteiger partial charge in [0.25, 0.3) is 5.91 Å². The summed E-state index contributed by atoms with van der Waals surface area (Å²) in [6.45, 7) is 4.15. The maximum atomic E-state index is 12.0. The Labute approximate surface area is 138 Å². The number of H-pyrrole nitrogens is 1. The van der Waals surface area contributed by atoms with Crippen LogP contribution in [0, 0.1) is 0 Å². The van der Waals surface area contributed by atoms with Crippen LogP contribution in [0.15, 0.2) is 52.7 Å². The van der Waals surface area contributed by atoms with Crippen molar-refractivity contribution in [1.29, 1.82) is 0 Å². The predicted octanol–water partition coefficient (Wildman–Crippen LogP) is 4.63. The van der Waals surface area contributed by atoms with E-state index in [9.17, 15) is 15.0 Å². The molecule has 3 N–H and O–H groups in total. The van der Waals surface area contributed by atoms with Crippen LogP contribution in [0.5, 0.6) is 11.6 Å². The lowest BCUT2D eigenvalue weighted by molar-refractivity contribution is 0.0995. The molecule has 0 spiro atoms. The average Bonchev–Trinajstić information content (AvgIpc) is 2.87. The van der Waals surface area contributed by atoms with Gasteiger partial charge in [0.15, 0.2) is 5.69 Å². The van der Waals surface area contributed by atoms with E-state index in [-0.39, 0.29) is 17.3 Å². The van der Waals surface area contributed by atoms with E-state index in [1.165, 1.54) is 24.3 Å². The Balaban J connectivity index is 1.96. The Hall–Kier alpha value is -3.15. The van der Waals surface area contributed by atoms with E-state index < -0.39 is 5.91 Å². The molecule has 6 heteroatoms. The number of nitrogens with one attached hydrogen (secondary N) is 1. The van der Waals surface area contributed by atoms with Crippen LogP contribution in [-0.2, 0) is 0 Å². The summed E-state index contributed by atoms with van der Waals surface area (Å²) in [5, 5.41) is 27.6. The van der Waals surface area contributed by atoms with Gasteiger partial charge in [-0.3, -0.25) is 4.79 Å². The third-order valence-corrected chi connectivity index (χ3v) is 3.80. The number of rotatable bonds is 3. The maximum absolute atomic E-state index is 12.0. The van der Waals surface area contributed by atoms with Gasteiger partial charge in [-0.25, -0.2) is 0 Å². The Morgan fingerprint density at radius 1 is 1.08 bits per heavy atom. The summed E-state index contributed by atoms with van der Waals surface area (Å²) >= 11 is 0. The van der Waals surface area contributed by atoms with Gasteiger partial charge in [-0.1, -0.05) is 19.9 Å². The molecule has 0 atom stereocenters. The lowest BCUT2D eigenvalue weighted by Crippen LogP contribution is -1.92. The van der Waals surface area contributed by atoms with Gasteiger partial charge in [-0.05, 0) is 47.9 Å². The van der Waals surface area contributed by atoms with Crippen molar-refractivity contribution in [2.24, 2.45) is 10.2 Å². The molecule has 3 rings (SSSR count). The van der Waals surface area contributed by atoms with Crippen molar-refractivity contribution in [3.63, 3.8) is 0 Å². The van der Waals surface area contributed by atoms with Gasteiger partial charge >= 0.3 is 0 Å². The first kappa shape index (κ1) is 15.7. The van der Waals surface area contributed by atoms with Crippen molar-refractivity contribution < 1.29 is 15.0 Å². The number of benzene rings is 2. The number of hydrogen-bond donors (Lipinski definition) is 3. The first-order chi connectivity index (χ1) is 11.5. The summed E-state index contributed by atoms with van der Waals surface area (Å²) < 4.78 is 0. The lowest BCUT2D eigenvalue weighted by Gasteiger charge is -2.04. The average molecular weight is 323 g/mol. The van der Waals surface area contributed by atoms with Crippen molar-refractivity contribution in [2.75, 3.05) is 0 Å². The molecule has 2 aromatic carbocycles. The number of carbonyl (C=O) groups excluding carboxylic acids is 1. The molecule has 0 bridgehead atoms. The minimum Gasteiger partial charge on any atom is -0.508 e. The summed E-state index contributed by atoms with van der Waals surface area (Å²) in [5.41, 5.74) is 2.36. The van der Waals surface area contributed by atoms with Crippen molar-refractivity contribution in [3.8, 4) is 11.6 Å². The summed E-state index contributed by atoms with van der Waals surface area (Å²) in [7, 11) is 0. The molecule has 0 aliphatic carbocycles. The number of aromatic amines is 1. The largest absolute Gasteiger partial charge is 0.508 e. The highest BCUT2D eigenvalue weighted by molar-refractivity contribution is 5.97. The predicted molar refractivity (Wildman–Crippen MR) is 91.0 cm³/mol. The van der Waals surface area contributed by atoms with Crippen LogP contribution in [0.3, 0.4) is 0 Å². The molecule has 0 saturated heterocycles. The highest BCUT2D eigenvalue weighted by Crippen LogP contribution is 2.37. The molecule has 0 unspecified atom stereocenters. The third-order valence-electron chi connectivity index (χ3n) is 3.80. The zero-order valence-electron chi connectivity index (χ0n) is 13.3. The highest BCUT2D eigenvalue weighted by atomic mass is 16.3. The molecule has 0 aliphatic heterocycles. The Kier molecular flexibility index (Phi) is 4.04. The number of phenols is 1. The number of hydrogen-bond acceptors (Lipinski definition) is 4. The lowest BCUT2D eigenvalue weighted by atomic mass is 10.0.